The van der Waals surface area contributed by atoms with Crippen LogP contribution in [0.2, 0.25) is 5.02 Å². The monoisotopic (exact) mass is 272 g/mol. The van der Waals surface area contributed by atoms with Crippen LogP contribution < -0.4 is 10.5 Å². The topological polar surface area (TPSA) is 101 Å². The molecule has 0 saturated carbocycles. The smallest absolute Gasteiger partial charge is 0.265 e. The van der Waals surface area contributed by atoms with Crippen LogP contribution in [-0.4, -0.2) is 18.6 Å². The van der Waals surface area contributed by atoms with Gasteiger partial charge in [-0.3, -0.25) is 9.82 Å². The predicted molar refractivity (Wildman–Crippen MR) is 65.3 cm³/mol. The molecule has 6 nitrogen and oxygen atoms in total. The molecule has 2 aromatic rings. The van der Waals surface area contributed by atoms with Gasteiger partial charge in [0.25, 0.3) is 10.0 Å². The molecule has 0 bridgehead atoms. The first-order chi connectivity index (χ1) is 7.99. The summed E-state index contributed by atoms with van der Waals surface area (Å²) in [5.41, 5.74) is 5.69. The van der Waals surface area contributed by atoms with Crippen molar-refractivity contribution in [3.8, 4) is 0 Å². The zero-order valence-electron chi connectivity index (χ0n) is 8.51. The molecule has 1 aromatic heterocycles. The minimum Gasteiger partial charge on any atom is -0.398 e. The number of nitrogens with one attached hydrogen (secondary N) is 2. The van der Waals surface area contributed by atoms with Crippen LogP contribution in [0.15, 0.2) is 35.4 Å². The number of nitrogens with two attached hydrogens (primary N) is 1. The van der Waals surface area contributed by atoms with Gasteiger partial charge in [0.2, 0.25) is 0 Å². The minimum absolute atomic E-state index is 0.0310. The maximum Gasteiger partial charge on any atom is 0.265 e. The van der Waals surface area contributed by atoms with E-state index in [1.807, 2.05) is 0 Å². The highest BCUT2D eigenvalue weighted by Gasteiger charge is 2.18. The van der Waals surface area contributed by atoms with E-state index in [0.29, 0.717) is 5.02 Å². The highest BCUT2D eigenvalue weighted by Crippen LogP contribution is 2.23. The van der Waals surface area contributed by atoms with E-state index >= 15 is 0 Å². The summed E-state index contributed by atoms with van der Waals surface area (Å²) in [4.78, 5) is -0.0310. The number of aromatic nitrogens is 2. The molecule has 0 radical (unpaired) electrons. The summed E-state index contributed by atoms with van der Waals surface area (Å²) in [6.45, 7) is 0. The van der Waals surface area contributed by atoms with Crippen molar-refractivity contribution in [2.24, 2.45) is 0 Å². The number of nitrogens with zero attached hydrogens (tertiary/aromatic N) is 1. The van der Waals surface area contributed by atoms with Crippen LogP contribution in [0.5, 0.6) is 0 Å². The van der Waals surface area contributed by atoms with E-state index in [2.05, 4.69) is 14.9 Å². The Morgan fingerprint density at radius 3 is 2.71 bits per heavy atom. The summed E-state index contributed by atoms with van der Waals surface area (Å²) >= 11 is 5.70. The predicted octanol–water partition coefficient (Wildman–Crippen LogP) is 1.45. The third-order valence-electron chi connectivity index (χ3n) is 2.01. The van der Waals surface area contributed by atoms with Crippen LogP contribution in [0, 0.1) is 0 Å². The SMILES string of the molecule is Nc1cc(Cl)ccc1S(=O)(=O)Nc1ccn[nH]1. The van der Waals surface area contributed by atoms with Crippen molar-refractivity contribution in [1.29, 1.82) is 0 Å². The lowest BCUT2D eigenvalue weighted by molar-refractivity contribution is 0.601. The lowest BCUT2D eigenvalue weighted by Gasteiger charge is -2.08. The second-order valence-electron chi connectivity index (χ2n) is 3.26. The Hall–Kier alpha value is -1.73. The second kappa shape index (κ2) is 4.27. The summed E-state index contributed by atoms with van der Waals surface area (Å²) < 4.78 is 26.2. The Balaban J connectivity index is 2.38. The first kappa shape index (κ1) is 11.7. The Labute approximate surface area is 103 Å². The third-order valence-corrected chi connectivity index (χ3v) is 3.68. The number of sulfonamides is 1. The first-order valence-electron chi connectivity index (χ1n) is 4.56. The van der Waals surface area contributed by atoms with Crippen LogP contribution in [-0.2, 0) is 10.0 Å². The molecule has 17 heavy (non-hydrogen) atoms. The van der Waals surface area contributed by atoms with Gasteiger partial charge in [-0.25, -0.2) is 8.42 Å². The van der Waals surface area contributed by atoms with E-state index in [1.54, 1.807) is 0 Å². The average Bonchev–Trinajstić information content (AvgIpc) is 2.68. The van der Waals surface area contributed by atoms with Gasteiger partial charge < -0.3 is 5.73 Å². The highest BCUT2D eigenvalue weighted by molar-refractivity contribution is 7.92. The normalized spacial score (nSPS) is 11.4. The maximum atomic E-state index is 11.9. The molecule has 0 unspecified atom stereocenters. The van der Waals surface area contributed by atoms with Gasteiger partial charge in [0.1, 0.15) is 10.7 Å². The second-order valence-corrected chi connectivity index (χ2v) is 5.35. The van der Waals surface area contributed by atoms with E-state index in [1.165, 1.54) is 30.5 Å². The van der Waals surface area contributed by atoms with Gasteiger partial charge >= 0.3 is 0 Å². The highest BCUT2D eigenvalue weighted by atomic mass is 35.5. The number of nitrogen functional groups attached to an aromatic ring is 1. The summed E-state index contributed by atoms with van der Waals surface area (Å²) in [5, 5.41) is 6.50. The number of aromatic amines is 1. The van der Waals surface area contributed by atoms with Crippen molar-refractivity contribution >= 4 is 33.1 Å². The van der Waals surface area contributed by atoms with Crippen molar-refractivity contribution < 1.29 is 8.42 Å². The average molecular weight is 273 g/mol. The number of benzene rings is 1. The fourth-order valence-corrected chi connectivity index (χ4v) is 2.59. The Morgan fingerprint density at radius 2 is 2.12 bits per heavy atom. The van der Waals surface area contributed by atoms with Gasteiger partial charge in [-0.05, 0) is 18.2 Å². The molecule has 2 rings (SSSR count). The van der Waals surface area contributed by atoms with Gasteiger partial charge in [0, 0.05) is 11.1 Å². The van der Waals surface area contributed by atoms with Gasteiger partial charge in [0.15, 0.2) is 0 Å². The molecule has 8 heteroatoms. The fourth-order valence-electron chi connectivity index (χ4n) is 1.28. The van der Waals surface area contributed by atoms with Gasteiger partial charge in [-0.2, -0.15) is 5.10 Å². The van der Waals surface area contributed by atoms with Crippen LogP contribution in [0.4, 0.5) is 11.5 Å². The molecule has 0 aliphatic carbocycles. The molecular formula is C9H9ClN4O2S. The maximum absolute atomic E-state index is 11.9. The summed E-state index contributed by atoms with van der Waals surface area (Å²) in [7, 11) is -3.74. The molecule has 90 valence electrons. The van der Waals surface area contributed by atoms with E-state index < -0.39 is 10.0 Å². The number of hydrogen-bond acceptors (Lipinski definition) is 4. The number of anilines is 2. The Bertz CT molecular complexity index is 624. The molecule has 1 aromatic carbocycles. The summed E-state index contributed by atoms with van der Waals surface area (Å²) in [6.07, 6.45) is 1.43. The Kier molecular flexibility index (Phi) is 2.95. The number of H-pyrrole nitrogens is 1. The van der Waals surface area contributed by atoms with Gasteiger partial charge in [0.05, 0.1) is 11.9 Å². The molecule has 1 heterocycles. The molecule has 0 saturated heterocycles. The molecule has 0 spiro atoms. The molecule has 0 aliphatic rings. The van der Waals surface area contributed by atoms with Gasteiger partial charge in [-0.1, -0.05) is 11.6 Å². The first-order valence-corrected chi connectivity index (χ1v) is 6.42. The zero-order valence-corrected chi connectivity index (χ0v) is 10.1. The summed E-state index contributed by atoms with van der Waals surface area (Å²) in [5.74, 6) is 0.263. The van der Waals surface area contributed by atoms with Crippen molar-refractivity contribution in [1.82, 2.24) is 10.2 Å². The lowest BCUT2D eigenvalue weighted by atomic mass is 10.3. The molecule has 0 aliphatic heterocycles. The number of hydrogen-bond donors (Lipinski definition) is 3. The minimum atomic E-state index is -3.74. The number of halogens is 1. The van der Waals surface area contributed by atoms with Crippen molar-refractivity contribution in [2.75, 3.05) is 10.5 Å². The quantitative estimate of drug-likeness (QED) is 0.736. The van der Waals surface area contributed by atoms with E-state index in [0.717, 1.165) is 0 Å². The molecule has 0 fully saturated rings. The van der Waals surface area contributed by atoms with E-state index in [9.17, 15) is 8.42 Å². The lowest BCUT2D eigenvalue weighted by Crippen LogP contribution is -2.15. The number of rotatable bonds is 3. The molecule has 4 N–H and O–H groups in total. The van der Waals surface area contributed by atoms with Crippen LogP contribution in [0.25, 0.3) is 0 Å². The zero-order chi connectivity index (χ0) is 12.5. The standard InChI is InChI=1S/C9H9ClN4O2S/c10-6-1-2-8(7(11)5-6)17(15,16)14-9-3-4-12-13-9/h1-5H,11H2,(H2,12,13,14). The molecule has 0 amide bonds. The fraction of sp³-hybridized carbons (Fsp3) is 0. The largest absolute Gasteiger partial charge is 0.398 e. The van der Waals surface area contributed by atoms with Crippen LogP contribution in [0.1, 0.15) is 0 Å². The van der Waals surface area contributed by atoms with E-state index in [4.69, 9.17) is 17.3 Å². The van der Waals surface area contributed by atoms with Crippen LogP contribution >= 0.6 is 11.6 Å². The van der Waals surface area contributed by atoms with Crippen molar-refractivity contribution in [3.05, 3.63) is 35.5 Å². The molecule has 0 atom stereocenters. The molecular weight excluding hydrogens is 264 g/mol. The van der Waals surface area contributed by atoms with Crippen molar-refractivity contribution in [2.45, 2.75) is 4.90 Å². The van der Waals surface area contributed by atoms with Crippen molar-refractivity contribution in [3.63, 3.8) is 0 Å². The van der Waals surface area contributed by atoms with Crippen LogP contribution in [0.3, 0.4) is 0 Å². The third kappa shape index (κ3) is 2.51. The Morgan fingerprint density at radius 1 is 1.35 bits per heavy atom. The van der Waals surface area contributed by atoms with Gasteiger partial charge in [-0.15, -0.1) is 0 Å². The van der Waals surface area contributed by atoms with E-state index in [-0.39, 0.29) is 16.4 Å². The summed E-state index contributed by atoms with van der Waals surface area (Å²) in [6, 6.07) is 5.67.